The first-order valence-electron chi connectivity index (χ1n) is 6.04. The second-order valence-electron chi connectivity index (χ2n) is 4.73. The zero-order chi connectivity index (χ0) is 15.2. The van der Waals surface area contributed by atoms with E-state index in [0.717, 1.165) is 0 Å². The Bertz CT molecular complexity index is 339. The molecule has 7 nitrogen and oxygen atoms in total. The minimum Gasteiger partial charge on any atom is -0.449 e. The van der Waals surface area contributed by atoms with Crippen LogP contribution >= 0.6 is 0 Å². The van der Waals surface area contributed by atoms with Gasteiger partial charge in [0.05, 0.1) is 0 Å². The van der Waals surface area contributed by atoms with Crippen molar-refractivity contribution in [2.45, 2.75) is 52.4 Å². The Hall–Kier alpha value is -1.47. The summed E-state index contributed by atoms with van der Waals surface area (Å²) < 4.78 is 9.07. The Labute approximate surface area is 112 Å². The van der Waals surface area contributed by atoms with E-state index in [1.165, 1.54) is 13.8 Å². The second-order valence-corrected chi connectivity index (χ2v) is 4.73. The molecule has 0 saturated heterocycles. The van der Waals surface area contributed by atoms with Crippen molar-refractivity contribution in [1.82, 2.24) is 0 Å². The first kappa shape index (κ1) is 17.5. The molecule has 0 heterocycles. The number of aliphatic hydroxyl groups is 1. The van der Waals surface area contributed by atoms with Gasteiger partial charge in [-0.05, 0) is 26.2 Å². The van der Waals surface area contributed by atoms with Crippen LogP contribution in [0.3, 0.4) is 0 Å². The molecule has 19 heavy (non-hydrogen) atoms. The van der Waals surface area contributed by atoms with E-state index in [-0.39, 0.29) is 5.92 Å². The lowest BCUT2D eigenvalue weighted by molar-refractivity contribution is -0.176. The number of ether oxygens (including phenoxy) is 2. The molecule has 0 aliphatic rings. The van der Waals surface area contributed by atoms with Crippen LogP contribution in [-0.4, -0.2) is 41.3 Å². The molecule has 0 bridgehead atoms. The van der Waals surface area contributed by atoms with Crippen LogP contribution in [0.5, 0.6) is 0 Å². The molecule has 0 saturated carbocycles. The summed E-state index contributed by atoms with van der Waals surface area (Å²) in [7, 11) is 0. The number of rotatable bonds is 6. The topological polar surface area (TPSA) is 116 Å². The van der Waals surface area contributed by atoms with Crippen LogP contribution in [0.15, 0.2) is 0 Å². The molecule has 2 unspecified atom stereocenters. The zero-order valence-corrected chi connectivity index (χ0v) is 11.6. The average Bonchev–Trinajstić information content (AvgIpc) is 2.27. The minimum atomic E-state index is -1.35. The number of carbonyl (C=O) groups is 3. The van der Waals surface area contributed by atoms with Gasteiger partial charge in [0.2, 0.25) is 0 Å². The van der Waals surface area contributed by atoms with Gasteiger partial charge >= 0.3 is 17.9 Å². The van der Waals surface area contributed by atoms with Crippen molar-refractivity contribution in [2.24, 2.45) is 11.7 Å². The van der Waals surface area contributed by atoms with E-state index in [4.69, 9.17) is 10.8 Å². The van der Waals surface area contributed by atoms with Crippen molar-refractivity contribution in [3.63, 3.8) is 0 Å². The van der Waals surface area contributed by atoms with E-state index in [9.17, 15) is 14.4 Å². The lowest BCUT2D eigenvalue weighted by Gasteiger charge is -2.15. The summed E-state index contributed by atoms with van der Waals surface area (Å²) >= 11 is 0. The normalized spacial score (nSPS) is 15.5. The highest BCUT2D eigenvalue weighted by atomic mass is 16.6. The molecule has 7 heteroatoms. The van der Waals surface area contributed by atoms with Gasteiger partial charge in [-0.15, -0.1) is 0 Å². The quantitative estimate of drug-likeness (QED) is 0.506. The lowest BCUT2D eigenvalue weighted by atomic mass is 10.1. The first-order chi connectivity index (χ1) is 8.65. The average molecular weight is 275 g/mol. The molecular formula is C12H21NO6. The number of hydrogen-bond acceptors (Lipinski definition) is 7. The minimum absolute atomic E-state index is 0.183. The van der Waals surface area contributed by atoms with Crippen LogP contribution in [0.4, 0.5) is 0 Å². The van der Waals surface area contributed by atoms with Gasteiger partial charge in [0.15, 0.2) is 6.10 Å². The molecule has 3 N–H and O–H groups in total. The SMILES string of the molecule is CC(C)C[C@H](N)C(=O)OC(=O)C(C)OC(=O)C(C)O. The third-order valence-electron chi connectivity index (χ3n) is 2.20. The van der Waals surface area contributed by atoms with E-state index < -0.39 is 36.2 Å². The van der Waals surface area contributed by atoms with Crippen LogP contribution < -0.4 is 5.73 Å². The molecule has 0 aliphatic heterocycles. The van der Waals surface area contributed by atoms with Crippen molar-refractivity contribution in [3.05, 3.63) is 0 Å². The number of hydrogen-bond donors (Lipinski definition) is 2. The summed E-state index contributed by atoms with van der Waals surface area (Å²) in [5.41, 5.74) is 5.54. The lowest BCUT2D eigenvalue weighted by Crippen LogP contribution is -2.38. The van der Waals surface area contributed by atoms with Gasteiger partial charge in [0.1, 0.15) is 12.1 Å². The van der Waals surface area contributed by atoms with Crippen LogP contribution in [0.2, 0.25) is 0 Å². The van der Waals surface area contributed by atoms with E-state index in [2.05, 4.69) is 9.47 Å². The summed E-state index contributed by atoms with van der Waals surface area (Å²) in [6.07, 6.45) is -2.25. The van der Waals surface area contributed by atoms with E-state index >= 15 is 0 Å². The summed E-state index contributed by atoms with van der Waals surface area (Å²) in [6, 6.07) is -0.899. The molecule has 0 radical (unpaired) electrons. The van der Waals surface area contributed by atoms with Crippen molar-refractivity contribution in [1.29, 1.82) is 0 Å². The van der Waals surface area contributed by atoms with Crippen LogP contribution in [0.1, 0.15) is 34.1 Å². The number of carbonyl (C=O) groups excluding carboxylic acids is 3. The van der Waals surface area contributed by atoms with Crippen molar-refractivity contribution in [3.8, 4) is 0 Å². The summed E-state index contributed by atoms with van der Waals surface area (Å²) in [5, 5.41) is 8.91. The Balaban J connectivity index is 4.29. The standard InChI is InChI=1S/C12H21NO6/c1-6(2)5-9(13)12(17)19-11(16)8(4)18-10(15)7(3)14/h6-9,14H,5,13H2,1-4H3/t7?,8?,9-/m0/s1. The summed E-state index contributed by atoms with van der Waals surface area (Å²) in [6.45, 7) is 6.19. The molecular weight excluding hydrogens is 254 g/mol. The Morgan fingerprint density at radius 1 is 1.05 bits per heavy atom. The largest absolute Gasteiger partial charge is 0.449 e. The summed E-state index contributed by atoms with van der Waals surface area (Å²) in [4.78, 5) is 33.9. The molecule has 0 aromatic carbocycles. The Morgan fingerprint density at radius 2 is 1.58 bits per heavy atom. The summed E-state index contributed by atoms with van der Waals surface area (Å²) in [5.74, 6) is -2.66. The predicted octanol–water partition coefficient (Wildman–Crippen LogP) is -0.258. The number of aliphatic hydroxyl groups excluding tert-OH is 1. The molecule has 0 aromatic rings. The number of esters is 3. The zero-order valence-electron chi connectivity index (χ0n) is 11.6. The van der Waals surface area contributed by atoms with Crippen LogP contribution in [-0.2, 0) is 23.9 Å². The highest BCUT2D eigenvalue weighted by Crippen LogP contribution is 2.05. The van der Waals surface area contributed by atoms with E-state index in [0.29, 0.717) is 6.42 Å². The van der Waals surface area contributed by atoms with Crippen molar-refractivity contribution < 1.29 is 29.0 Å². The third-order valence-corrected chi connectivity index (χ3v) is 2.20. The molecule has 0 spiro atoms. The second kappa shape index (κ2) is 7.85. The van der Waals surface area contributed by atoms with Gasteiger partial charge < -0.3 is 20.3 Å². The smallest absolute Gasteiger partial charge is 0.354 e. The predicted molar refractivity (Wildman–Crippen MR) is 65.8 cm³/mol. The van der Waals surface area contributed by atoms with E-state index in [1.54, 1.807) is 0 Å². The molecule has 0 amide bonds. The van der Waals surface area contributed by atoms with Crippen molar-refractivity contribution >= 4 is 17.9 Å². The molecule has 0 aliphatic carbocycles. The number of nitrogens with two attached hydrogens (primary N) is 1. The van der Waals surface area contributed by atoms with Crippen LogP contribution in [0, 0.1) is 5.92 Å². The highest BCUT2D eigenvalue weighted by molar-refractivity contribution is 5.91. The maximum absolute atomic E-state index is 11.5. The fraction of sp³-hybridized carbons (Fsp3) is 0.750. The first-order valence-corrected chi connectivity index (χ1v) is 6.04. The molecule has 0 fully saturated rings. The van der Waals surface area contributed by atoms with Gasteiger partial charge in [-0.25, -0.2) is 14.4 Å². The fourth-order valence-electron chi connectivity index (χ4n) is 1.18. The maximum atomic E-state index is 11.5. The molecule has 0 rings (SSSR count). The Morgan fingerprint density at radius 3 is 2.00 bits per heavy atom. The van der Waals surface area contributed by atoms with E-state index in [1.807, 2.05) is 13.8 Å². The molecule has 3 atom stereocenters. The van der Waals surface area contributed by atoms with Gasteiger partial charge in [0, 0.05) is 0 Å². The Kier molecular flexibility index (Phi) is 7.25. The highest BCUT2D eigenvalue weighted by Gasteiger charge is 2.26. The van der Waals surface area contributed by atoms with Gasteiger partial charge in [-0.3, -0.25) is 0 Å². The van der Waals surface area contributed by atoms with Crippen LogP contribution in [0.25, 0.3) is 0 Å². The molecule has 110 valence electrons. The van der Waals surface area contributed by atoms with Gasteiger partial charge in [-0.2, -0.15) is 0 Å². The van der Waals surface area contributed by atoms with Gasteiger partial charge in [0.25, 0.3) is 0 Å². The molecule has 0 aromatic heterocycles. The fourth-order valence-corrected chi connectivity index (χ4v) is 1.18. The van der Waals surface area contributed by atoms with Crippen molar-refractivity contribution in [2.75, 3.05) is 0 Å². The third kappa shape index (κ3) is 6.88. The maximum Gasteiger partial charge on any atom is 0.354 e. The van der Waals surface area contributed by atoms with Gasteiger partial charge in [-0.1, -0.05) is 13.8 Å². The monoisotopic (exact) mass is 275 g/mol.